The number of aromatic nitrogens is 6. The van der Waals surface area contributed by atoms with Crippen LogP contribution >= 0.6 is 11.8 Å². The number of piperazine rings is 1. The molecule has 1 saturated heterocycles. The maximum Gasteiger partial charge on any atom is 0.168 e. The lowest BCUT2D eigenvalue weighted by atomic mass is 10.1. The first-order chi connectivity index (χ1) is 17.8. The number of nitrogens with zero attached hydrogens (tertiary/aromatic N) is 9. The number of fused-ring (bicyclic) bond motifs is 3. The minimum atomic E-state index is -0.0760. The second kappa shape index (κ2) is 10.1. The Morgan fingerprint density at radius 3 is 2.78 bits per heavy atom. The summed E-state index contributed by atoms with van der Waals surface area (Å²) >= 11 is 1.63. The summed E-state index contributed by atoms with van der Waals surface area (Å²) < 4.78 is 7.72. The summed E-state index contributed by atoms with van der Waals surface area (Å²) in [6, 6.07) is 6.60. The van der Waals surface area contributed by atoms with Gasteiger partial charge in [0.15, 0.2) is 11.5 Å². The second-order valence-electron chi connectivity index (χ2n) is 8.78. The Morgan fingerprint density at radius 1 is 1.08 bits per heavy atom. The van der Waals surface area contributed by atoms with Crippen LogP contribution in [0.3, 0.4) is 0 Å². The number of hydrogen-bond acceptors (Lipinski definition) is 11. The normalized spacial score (nSPS) is 17.2. The number of methoxy groups -OCH3 is 1. The average Bonchev–Trinajstić information content (AvgIpc) is 3.34. The Balaban J connectivity index is 1.43. The molecule has 36 heavy (non-hydrogen) atoms. The van der Waals surface area contributed by atoms with Crippen LogP contribution in [0, 0.1) is 0 Å². The molecule has 2 aliphatic heterocycles. The Morgan fingerprint density at radius 2 is 1.94 bits per heavy atom. The van der Waals surface area contributed by atoms with Gasteiger partial charge < -0.3 is 10.5 Å². The van der Waals surface area contributed by atoms with E-state index in [-0.39, 0.29) is 6.17 Å². The van der Waals surface area contributed by atoms with Crippen molar-refractivity contribution in [2.24, 2.45) is 5.73 Å². The molecule has 0 aliphatic carbocycles. The monoisotopic (exact) mass is 504 g/mol. The lowest BCUT2D eigenvalue weighted by Crippen LogP contribution is -2.50. The SMILES string of the molecule is COCN1c2cc(C(N3CCN(CCN)CC3)n3cnc4cncnc43)ccc2Sc2nccnc21. The third-order valence-electron chi connectivity index (χ3n) is 6.64. The Bertz CT molecular complexity index is 1360. The minimum absolute atomic E-state index is 0.0760. The molecule has 1 unspecified atom stereocenters. The topological polar surface area (TPSA) is 114 Å². The molecular weight excluding hydrogens is 476 g/mol. The van der Waals surface area contributed by atoms with Gasteiger partial charge in [-0.3, -0.25) is 19.3 Å². The van der Waals surface area contributed by atoms with Gasteiger partial charge in [0.2, 0.25) is 0 Å². The molecule has 5 heterocycles. The zero-order valence-corrected chi connectivity index (χ0v) is 20.9. The zero-order valence-electron chi connectivity index (χ0n) is 20.1. The van der Waals surface area contributed by atoms with Crippen molar-refractivity contribution in [2.45, 2.75) is 16.1 Å². The fraction of sp³-hybridized carbons (Fsp3) is 0.375. The molecule has 0 spiro atoms. The molecule has 2 N–H and O–H groups in total. The highest BCUT2D eigenvalue weighted by molar-refractivity contribution is 7.99. The predicted molar refractivity (Wildman–Crippen MR) is 137 cm³/mol. The highest BCUT2D eigenvalue weighted by atomic mass is 32.2. The van der Waals surface area contributed by atoms with E-state index in [2.05, 4.69) is 62.4 Å². The lowest BCUT2D eigenvalue weighted by molar-refractivity contribution is 0.0864. The maximum atomic E-state index is 5.81. The van der Waals surface area contributed by atoms with Crippen molar-refractivity contribution in [3.63, 3.8) is 0 Å². The number of imidazole rings is 1. The maximum absolute atomic E-state index is 5.81. The highest BCUT2D eigenvalue weighted by Crippen LogP contribution is 2.47. The van der Waals surface area contributed by atoms with Gasteiger partial charge in [0.25, 0.3) is 0 Å². The fourth-order valence-corrected chi connectivity index (χ4v) is 5.96. The molecular formula is C24H28N10OS. The van der Waals surface area contributed by atoms with Gasteiger partial charge in [0.1, 0.15) is 29.8 Å². The van der Waals surface area contributed by atoms with E-state index in [1.165, 1.54) is 0 Å². The van der Waals surface area contributed by atoms with Crippen LogP contribution in [0.4, 0.5) is 11.5 Å². The van der Waals surface area contributed by atoms with E-state index in [4.69, 9.17) is 10.5 Å². The van der Waals surface area contributed by atoms with Crippen LogP contribution in [-0.2, 0) is 4.74 Å². The molecule has 1 atom stereocenters. The quantitative estimate of drug-likeness (QED) is 0.398. The van der Waals surface area contributed by atoms with Crippen molar-refractivity contribution in [1.82, 2.24) is 39.3 Å². The van der Waals surface area contributed by atoms with Gasteiger partial charge in [-0.25, -0.2) is 24.9 Å². The first-order valence-electron chi connectivity index (χ1n) is 11.9. The summed E-state index contributed by atoms with van der Waals surface area (Å²) in [7, 11) is 1.70. The predicted octanol–water partition coefficient (Wildman–Crippen LogP) is 1.95. The smallest absolute Gasteiger partial charge is 0.168 e. The van der Waals surface area contributed by atoms with Crippen LogP contribution in [0.2, 0.25) is 0 Å². The molecule has 0 radical (unpaired) electrons. The van der Waals surface area contributed by atoms with E-state index in [1.54, 1.807) is 43.8 Å². The number of ether oxygens (including phenoxy) is 1. The van der Waals surface area contributed by atoms with Crippen molar-refractivity contribution < 1.29 is 4.74 Å². The number of hydrogen-bond donors (Lipinski definition) is 1. The molecule has 2 aliphatic rings. The molecule has 1 fully saturated rings. The van der Waals surface area contributed by atoms with Crippen molar-refractivity contribution in [3.05, 3.63) is 55.0 Å². The summed E-state index contributed by atoms with van der Waals surface area (Å²) in [6.45, 7) is 5.74. The number of rotatable bonds is 7. The van der Waals surface area contributed by atoms with Crippen LogP contribution in [0.25, 0.3) is 11.2 Å². The molecule has 11 nitrogen and oxygen atoms in total. The van der Waals surface area contributed by atoms with Crippen molar-refractivity contribution >= 4 is 34.4 Å². The average molecular weight is 505 g/mol. The van der Waals surface area contributed by atoms with Crippen molar-refractivity contribution in [2.75, 3.05) is 58.0 Å². The summed E-state index contributed by atoms with van der Waals surface area (Å²) in [5.74, 6) is 0.807. The number of benzene rings is 1. The van der Waals surface area contributed by atoms with Crippen molar-refractivity contribution in [1.29, 1.82) is 0 Å². The molecule has 0 saturated carbocycles. The zero-order chi connectivity index (χ0) is 24.5. The van der Waals surface area contributed by atoms with Gasteiger partial charge >= 0.3 is 0 Å². The van der Waals surface area contributed by atoms with Crippen molar-refractivity contribution in [3.8, 4) is 0 Å². The molecule has 3 aromatic heterocycles. The van der Waals surface area contributed by atoms with Gasteiger partial charge in [-0.05, 0) is 17.7 Å². The second-order valence-corrected chi connectivity index (χ2v) is 9.81. The molecule has 6 rings (SSSR count). The standard InChI is InChI=1S/C24H28N10OS/c1-35-16-34-19-12-17(2-3-20(19)36-23-22(34)27-5-6-28-23)24(32-10-8-31(7-4-25)9-11-32)33-15-30-18-13-26-14-29-21(18)33/h2-3,5-6,12-15,24H,4,7-11,16,25H2,1H3. The largest absolute Gasteiger partial charge is 0.364 e. The van der Waals surface area contributed by atoms with E-state index in [9.17, 15) is 0 Å². The lowest BCUT2D eigenvalue weighted by Gasteiger charge is -2.40. The van der Waals surface area contributed by atoms with Gasteiger partial charge in [-0.1, -0.05) is 17.8 Å². The van der Waals surface area contributed by atoms with E-state index < -0.39 is 0 Å². The van der Waals surface area contributed by atoms with E-state index in [0.717, 1.165) is 70.9 Å². The first kappa shape index (κ1) is 23.3. The Labute approximate surface area is 213 Å². The molecule has 186 valence electrons. The third kappa shape index (κ3) is 4.20. The summed E-state index contributed by atoms with van der Waals surface area (Å²) in [5.41, 5.74) is 9.61. The van der Waals surface area contributed by atoms with Crippen LogP contribution in [0.1, 0.15) is 11.7 Å². The van der Waals surface area contributed by atoms with E-state index >= 15 is 0 Å². The first-order valence-corrected chi connectivity index (χ1v) is 12.8. The Hall–Kier alpha value is -3.16. The number of nitrogens with two attached hydrogens (primary N) is 1. The minimum Gasteiger partial charge on any atom is -0.364 e. The van der Waals surface area contributed by atoms with Gasteiger partial charge in [-0.2, -0.15) is 0 Å². The van der Waals surface area contributed by atoms with Crippen LogP contribution < -0.4 is 10.6 Å². The summed E-state index contributed by atoms with van der Waals surface area (Å²) in [5, 5.41) is 0.875. The van der Waals surface area contributed by atoms with E-state index in [0.29, 0.717) is 13.3 Å². The van der Waals surface area contributed by atoms with Gasteiger partial charge in [0, 0.05) is 63.7 Å². The van der Waals surface area contributed by atoms with Crippen LogP contribution in [0.5, 0.6) is 0 Å². The molecule has 0 amide bonds. The Kier molecular flexibility index (Phi) is 6.50. The fourth-order valence-electron chi connectivity index (χ4n) is 4.97. The van der Waals surface area contributed by atoms with Gasteiger partial charge in [0.05, 0.1) is 18.2 Å². The molecule has 12 heteroatoms. The number of anilines is 2. The van der Waals surface area contributed by atoms with Gasteiger partial charge in [-0.15, -0.1) is 0 Å². The summed E-state index contributed by atoms with van der Waals surface area (Å²) in [4.78, 5) is 30.6. The molecule has 0 bridgehead atoms. The van der Waals surface area contributed by atoms with E-state index in [1.807, 2.05) is 6.33 Å². The molecule has 1 aromatic carbocycles. The highest BCUT2D eigenvalue weighted by Gasteiger charge is 2.31. The van der Waals surface area contributed by atoms with Crippen LogP contribution in [0.15, 0.2) is 59.4 Å². The molecule has 4 aromatic rings. The summed E-state index contributed by atoms with van der Waals surface area (Å²) in [6.07, 6.45) is 8.58. The van der Waals surface area contributed by atoms with Crippen LogP contribution in [-0.4, -0.2) is 92.4 Å². The third-order valence-corrected chi connectivity index (χ3v) is 7.69.